The molecule has 6 nitrogen and oxygen atoms in total. The van der Waals surface area contributed by atoms with E-state index in [1.807, 2.05) is 0 Å². The molecule has 0 saturated carbocycles. The molecule has 1 N–H and O–H groups in total. The van der Waals surface area contributed by atoms with Gasteiger partial charge in [0.15, 0.2) is 0 Å². The van der Waals surface area contributed by atoms with Gasteiger partial charge in [-0.1, -0.05) is 11.6 Å². The lowest BCUT2D eigenvalue weighted by molar-refractivity contribution is -0.386. The lowest BCUT2D eigenvalue weighted by Crippen LogP contribution is -2.06. The van der Waals surface area contributed by atoms with Gasteiger partial charge in [0.05, 0.1) is 9.95 Å². The first-order valence-corrected chi connectivity index (χ1v) is 4.15. The van der Waals surface area contributed by atoms with Crippen molar-refractivity contribution in [3.05, 3.63) is 32.8 Å². The Morgan fingerprint density at radius 2 is 2.20 bits per heavy atom. The molecule has 0 aliphatic heterocycles. The van der Waals surface area contributed by atoms with Gasteiger partial charge >= 0.3 is 11.8 Å². The number of hydrogen-bond acceptors (Lipinski definition) is 4. The quantitative estimate of drug-likeness (QED) is 0.366. The van der Waals surface area contributed by atoms with E-state index < -0.39 is 16.8 Å². The molecule has 0 aromatic heterocycles. The predicted molar refractivity (Wildman–Crippen MR) is 51.5 cm³/mol. The van der Waals surface area contributed by atoms with Crippen molar-refractivity contribution in [3.63, 3.8) is 0 Å². The summed E-state index contributed by atoms with van der Waals surface area (Å²) >= 11 is 5.66. The lowest BCUT2D eigenvalue weighted by atomic mass is 10.2. The highest BCUT2D eigenvalue weighted by molar-refractivity contribution is 6.31. The number of ether oxygens (including phenoxy) is 1. The van der Waals surface area contributed by atoms with Crippen LogP contribution in [0.4, 0.5) is 10.5 Å². The van der Waals surface area contributed by atoms with E-state index in [0.29, 0.717) is 0 Å². The number of rotatable bonds is 2. The van der Waals surface area contributed by atoms with Crippen LogP contribution in [0, 0.1) is 17.0 Å². The molecule has 0 aliphatic carbocycles. The molecule has 0 amide bonds. The van der Waals surface area contributed by atoms with Crippen LogP contribution in [0.25, 0.3) is 0 Å². The van der Waals surface area contributed by atoms with E-state index in [0.717, 1.165) is 6.07 Å². The van der Waals surface area contributed by atoms with Crippen LogP contribution in [-0.4, -0.2) is 16.2 Å². The molecule has 0 spiro atoms. The van der Waals surface area contributed by atoms with Gasteiger partial charge in [0, 0.05) is 5.56 Å². The molecular formula is C8H6ClNO5. The first-order valence-electron chi connectivity index (χ1n) is 3.77. The molecule has 1 aromatic carbocycles. The fourth-order valence-corrected chi connectivity index (χ4v) is 1.21. The third-order valence-corrected chi connectivity index (χ3v) is 2.12. The minimum absolute atomic E-state index is 0.167. The Bertz CT molecular complexity index is 431. The van der Waals surface area contributed by atoms with Gasteiger partial charge in [-0.15, -0.1) is 0 Å². The van der Waals surface area contributed by atoms with Crippen molar-refractivity contribution in [2.24, 2.45) is 0 Å². The number of carboxylic acid groups (broad SMARTS) is 1. The number of nitro groups is 1. The Kier molecular flexibility index (Phi) is 3.11. The summed E-state index contributed by atoms with van der Waals surface area (Å²) in [6.07, 6.45) is -1.61. The molecule has 0 atom stereocenters. The molecule has 0 heterocycles. The zero-order valence-corrected chi connectivity index (χ0v) is 8.32. The summed E-state index contributed by atoms with van der Waals surface area (Å²) in [7, 11) is 0. The molecule has 0 aliphatic rings. The topological polar surface area (TPSA) is 89.7 Å². The Morgan fingerprint density at radius 3 is 2.67 bits per heavy atom. The summed E-state index contributed by atoms with van der Waals surface area (Å²) in [6.45, 7) is 1.41. The molecule has 1 rings (SSSR count). The van der Waals surface area contributed by atoms with Crippen molar-refractivity contribution in [2.45, 2.75) is 6.92 Å². The molecule has 80 valence electrons. The third-order valence-electron chi connectivity index (χ3n) is 1.71. The van der Waals surface area contributed by atoms with E-state index >= 15 is 0 Å². The average Bonchev–Trinajstić information content (AvgIpc) is 2.10. The summed E-state index contributed by atoms with van der Waals surface area (Å²) in [5.41, 5.74) is -0.273. The van der Waals surface area contributed by atoms with Gasteiger partial charge in [0.2, 0.25) is 5.75 Å². The van der Waals surface area contributed by atoms with Gasteiger partial charge in [-0.25, -0.2) is 4.79 Å². The van der Waals surface area contributed by atoms with E-state index in [9.17, 15) is 14.9 Å². The number of halogens is 1. The monoisotopic (exact) mass is 231 g/mol. The maximum Gasteiger partial charge on any atom is 0.511 e. The SMILES string of the molecule is Cc1c(Cl)ccc(OC(=O)O)c1[N+](=O)[O-]. The number of nitrogens with zero attached hydrogens (tertiary/aromatic N) is 1. The molecule has 0 fully saturated rings. The van der Waals surface area contributed by atoms with Crippen LogP contribution in [0.15, 0.2) is 12.1 Å². The highest BCUT2D eigenvalue weighted by Gasteiger charge is 2.22. The second-order valence-electron chi connectivity index (χ2n) is 2.64. The lowest BCUT2D eigenvalue weighted by Gasteiger charge is -2.04. The zero-order valence-electron chi connectivity index (χ0n) is 7.56. The van der Waals surface area contributed by atoms with Crippen LogP contribution >= 0.6 is 11.6 Å². The Balaban J connectivity index is 3.33. The molecule has 7 heteroatoms. The van der Waals surface area contributed by atoms with Crippen molar-refractivity contribution in [3.8, 4) is 5.75 Å². The molecule has 0 unspecified atom stereocenters. The molecule has 0 saturated heterocycles. The fourth-order valence-electron chi connectivity index (χ4n) is 1.05. The first kappa shape index (κ1) is 11.3. The van der Waals surface area contributed by atoms with E-state index in [4.69, 9.17) is 16.7 Å². The van der Waals surface area contributed by atoms with E-state index in [1.165, 1.54) is 13.0 Å². The predicted octanol–water partition coefficient (Wildman–Crippen LogP) is 2.61. The van der Waals surface area contributed by atoms with Crippen molar-refractivity contribution in [1.29, 1.82) is 0 Å². The summed E-state index contributed by atoms with van der Waals surface area (Å²) in [5, 5.41) is 19.2. The number of hydrogen-bond donors (Lipinski definition) is 1. The van der Waals surface area contributed by atoms with Crippen LogP contribution < -0.4 is 4.74 Å². The van der Waals surface area contributed by atoms with E-state index in [-0.39, 0.29) is 16.3 Å². The van der Waals surface area contributed by atoms with Gasteiger partial charge < -0.3 is 9.84 Å². The van der Waals surface area contributed by atoms with Gasteiger partial charge in [-0.05, 0) is 19.1 Å². The first-order chi connectivity index (χ1) is 6.93. The number of benzene rings is 1. The van der Waals surface area contributed by atoms with Crippen molar-refractivity contribution >= 4 is 23.4 Å². The maximum atomic E-state index is 10.7. The summed E-state index contributed by atoms with van der Waals surface area (Å²) in [6, 6.07) is 2.48. The van der Waals surface area contributed by atoms with Crippen LogP contribution in [0.5, 0.6) is 5.75 Å². The number of carbonyl (C=O) groups is 1. The Hall–Kier alpha value is -1.82. The molecular weight excluding hydrogens is 226 g/mol. The molecule has 0 bridgehead atoms. The van der Waals surface area contributed by atoms with Crippen molar-refractivity contribution in [2.75, 3.05) is 0 Å². The number of nitro benzene ring substituents is 1. The zero-order chi connectivity index (χ0) is 11.6. The van der Waals surface area contributed by atoms with E-state index in [2.05, 4.69) is 4.74 Å². The highest BCUT2D eigenvalue weighted by Crippen LogP contribution is 2.34. The van der Waals surface area contributed by atoms with Crippen LogP contribution in [0.1, 0.15) is 5.56 Å². The van der Waals surface area contributed by atoms with Crippen molar-refractivity contribution < 1.29 is 19.6 Å². The molecule has 1 aromatic rings. The summed E-state index contributed by atoms with van der Waals surface area (Å²) < 4.78 is 4.26. The van der Waals surface area contributed by atoms with Gasteiger partial charge in [-0.2, -0.15) is 0 Å². The van der Waals surface area contributed by atoms with Crippen LogP contribution in [0.3, 0.4) is 0 Å². The maximum absolute atomic E-state index is 10.7. The standard InChI is InChI=1S/C8H6ClNO5/c1-4-5(9)2-3-6(15-8(11)12)7(4)10(13)14/h2-3H,1H3,(H,11,12). The van der Waals surface area contributed by atoms with Crippen LogP contribution in [0.2, 0.25) is 5.02 Å². The Labute approximate surface area is 89.2 Å². The normalized spacial score (nSPS) is 9.73. The molecule has 0 radical (unpaired) electrons. The molecule has 15 heavy (non-hydrogen) atoms. The largest absolute Gasteiger partial charge is 0.511 e. The second kappa shape index (κ2) is 4.14. The van der Waals surface area contributed by atoms with Gasteiger partial charge in [0.1, 0.15) is 0 Å². The summed E-state index contributed by atoms with van der Waals surface area (Å²) in [4.78, 5) is 20.2. The second-order valence-corrected chi connectivity index (χ2v) is 3.05. The fraction of sp³-hybridized carbons (Fsp3) is 0.125. The third kappa shape index (κ3) is 2.35. The Morgan fingerprint density at radius 1 is 1.60 bits per heavy atom. The highest BCUT2D eigenvalue weighted by atomic mass is 35.5. The van der Waals surface area contributed by atoms with Gasteiger partial charge in [0.25, 0.3) is 0 Å². The average molecular weight is 232 g/mol. The van der Waals surface area contributed by atoms with Crippen LogP contribution in [-0.2, 0) is 0 Å². The minimum Gasteiger partial charge on any atom is -0.449 e. The smallest absolute Gasteiger partial charge is 0.449 e. The summed E-state index contributed by atoms with van der Waals surface area (Å²) in [5.74, 6) is -0.339. The minimum atomic E-state index is -1.61. The van der Waals surface area contributed by atoms with Gasteiger partial charge in [-0.3, -0.25) is 10.1 Å². The van der Waals surface area contributed by atoms with E-state index in [1.54, 1.807) is 0 Å². The van der Waals surface area contributed by atoms with Crippen molar-refractivity contribution in [1.82, 2.24) is 0 Å².